The Labute approximate surface area is 160 Å². The van der Waals surface area contributed by atoms with Gasteiger partial charge in [-0.3, -0.25) is 0 Å². The first-order valence-electron chi connectivity index (χ1n) is 7.08. The van der Waals surface area contributed by atoms with Gasteiger partial charge in [0, 0.05) is 0 Å². The molecule has 0 unspecified atom stereocenters. The van der Waals surface area contributed by atoms with Gasteiger partial charge in [0.2, 0.25) is 0 Å². The summed E-state index contributed by atoms with van der Waals surface area (Å²) in [5.74, 6) is 0. The van der Waals surface area contributed by atoms with Crippen LogP contribution in [0, 0.1) is 0 Å². The Kier molecular flexibility index (Phi) is 8.93. The van der Waals surface area contributed by atoms with Gasteiger partial charge in [0.05, 0.1) is 13.2 Å². The minimum Gasteiger partial charge on any atom is -1.00 e. The third-order valence-corrected chi connectivity index (χ3v) is 3.98. The molecule has 2 saturated heterocycles. The molecule has 10 atom stereocenters. The Morgan fingerprint density at radius 2 is 1.29 bits per heavy atom. The molecule has 0 radical (unpaired) electrons. The molecule has 0 aliphatic carbocycles. The van der Waals surface area contributed by atoms with Gasteiger partial charge in [-0.2, -0.15) is 0 Å². The van der Waals surface area contributed by atoms with Gasteiger partial charge < -0.3 is 56.5 Å². The monoisotopic (exact) mass is 366 g/mol. The van der Waals surface area contributed by atoms with Crippen molar-refractivity contribution in [1.29, 1.82) is 0 Å². The molecule has 2 fully saturated rings. The second-order valence-corrected chi connectivity index (χ2v) is 5.53. The maximum atomic E-state index is 9.94. The smallest absolute Gasteiger partial charge is 1.00 e. The van der Waals surface area contributed by atoms with Crippen molar-refractivity contribution in [3.8, 4) is 0 Å². The molecular weight excluding hydrogens is 343 g/mol. The fourth-order valence-corrected chi connectivity index (χ4v) is 2.57. The summed E-state index contributed by atoms with van der Waals surface area (Å²) < 4.78 is 15.3. The van der Waals surface area contributed by atoms with E-state index in [9.17, 15) is 35.7 Å². The van der Waals surface area contributed by atoms with Gasteiger partial charge in [0.25, 0.3) is 0 Å². The van der Waals surface area contributed by atoms with Crippen LogP contribution in [0.25, 0.3) is 0 Å². The van der Waals surface area contributed by atoms with E-state index in [1.807, 2.05) is 0 Å². The predicted octanol–water partition coefficient (Wildman–Crippen LogP) is -8.28. The first kappa shape index (κ1) is 22.6. The Morgan fingerprint density at radius 1 is 0.708 bits per heavy atom. The molecule has 0 spiro atoms. The number of aliphatic hydroxyl groups excluding tert-OH is 8. The summed E-state index contributed by atoms with van der Waals surface area (Å²) in [5, 5.41) is 76.5. The van der Waals surface area contributed by atoms with Crippen molar-refractivity contribution in [2.24, 2.45) is 0 Å². The van der Waals surface area contributed by atoms with Crippen molar-refractivity contribution in [2.75, 3.05) is 13.2 Å². The molecule has 0 aromatic heterocycles. The molecule has 12 heteroatoms. The quantitative estimate of drug-likeness (QED) is 0.221. The molecule has 138 valence electrons. The molecular formula is C12H23NaO11. The van der Waals surface area contributed by atoms with Crippen LogP contribution in [-0.4, -0.2) is 115 Å². The van der Waals surface area contributed by atoms with Crippen molar-refractivity contribution in [2.45, 2.75) is 61.4 Å². The maximum Gasteiger partial charge on any atom is 1.00 e. The first-order valence-corrected chi connectivity index (χ1v) is 7.08. The van der Waals surface area contributed by atoms with Gasteiger partial charge in [-0.25, -0.2) is 0 Å². The first-order chi connectivity index (χ1) is 10.8. The zero-order valence-corrected chi connectivity index (χ0v) is 15.0. The van der Waals surface area contributed by atoms with Crippen LogP contribution in [-0.2, 0) is 14.2 Å². The summed E-state index contributed by atoms with van der Waals surface area (Å²) in [6, 6.07) is 0. The van der Waals surface area contributed by atoms with Crippen molar-refractivity contribution >= 4 is 0 Å². The predicted molar refractivity (Wildman–Crippen MR) is 69.7 cm³/mol. The molecule has 11 nitrogen and oxygen atoms in total. The molecule has 2 aliphatic heterocycles. The molecule has 0 aromatic carbocycles. The number of ether oxygens (including phenoxy) is 3. The van der Waals surface area contributed by atoms with Gasteiger partial charge in [-0.05, 0) is 0 Å². The Bertz CT molecular complexity index is 390. The van der Waals surface area contributed by atoms with Crippen LogP contribution in [0.15, 0.2) is 0 Å². The largest absolute Gasteiger partial charge is 1.00 e. The second kappa shape index (κ2) is 9.48. The van der Waals surface area contributed by atoms with E-state index in [-0.39, 0.29) is 31.0 Å². The summed E-state index contributed by atoms with van der Waals surface area (Å²) in [7, 11) is 0. The number of rotatable bonds is 4. The third-order valence-electron chi connectivity index (χ3n) is 3.98. The van der Waals surface area contributed by atoms with Gasteiger partial charge >= 0.3 is 29.6 Å². The van der Waals surface area contributed by atoms with Gasteiger partial charge in [-0.15, -0.1) is 0 Å². The van der Waals surface area contributed by atoms with E-state index >= 15 is 0 Å². The number of aliphatic hydroxyl groups is 8. The van der Waals surface area contributed by atoms with Crippen molar-refractivity contribution in [3.63, 3.8) is 0 Å². The molecule has 0 bridgehead atoms. The fourth-order valence-electron chi connectivity index (χ4n) is 2.57. The van der Waals surface area contributed by atoms with Crippen LogP contribution < -0.4 is 29.6 Å². The van der Waals surface area contributed by atoms with E-state index in [0.717, 1.165) is 0 Å². The van der Waals surface area contributed by atoms with Gasteiger partial charge in [0.1, 0.15) is 48.8 Å². The van der Waals surface area contributed by atoms with E-state index in [0.29, 0.717) is 0 Å². The van der Waals surface area contributed by atoms with Crippen LogP contribution >= 0.6 is 0 Å². The van der Waals surface area contributed by atoms with E-state index in [4.69, 9.17) is 19.3 Å². The van der Waals surface area contributed by atoms with Crippen LogP contribution in [0.1, 0.15) is 1.43 Å². The molecule has 0 aromatic rings. The van der Waals surface area contributed by atoms with Crippen molar-refractivity contribution < 1.29 is 86.0 Å². The summed E-state index contributed by atoms with van der Waals surface area (Å²) in [4.78, 5) is 0. The molecule has 24 heavy (non-hydrogen) atoms. The SMILES string of the molecule is OC[C@H]1O[C@H](O[C@H]2[C@H](O)[C@@H](O)[C@H](O)O[C@@H]2CO)[C@H](O)[C@@H](O)[C@@H]1O.[H-].[Na+]. The minimum absolute atomic E-state index is 0. The van der Waals surface area contributed by atoms with Crippen LogP contribution in [0.5, 0.6) is 0 Å². The number of hydrogen-bond donors (Lipinski definition) is 8. The molecule has 8 N–H and O–H groups in total. The topological polar surface area (TPSA) is 190 Å². The average Bonchev–Trinajstić information content (AvgIpc) is 2.55. The average molecular weight is 366 g/mol. The van der Waals surface area contributed by atoms with E-state index < -0.39 is 74.6 Å². The van der Waals surface area contributed by atoms with Crippen molar-refractivity contribution in [1.82, 2.24) is 0 Å². The third kappa shape index (κ3) is 4.45. The maximum absolute atomic E-state index is 9.94. The Morgan fingerprint density at radius 3 is 1.83 bits per heavy atom. The van der Waals surface area contributed by atoms with Crippen LogP contribution in [0.3, 0.4) is 0 Å². The number of hydrogen-bond acceptors (Lipinski definition) is 11. The van der Waals surface area contributed by atoms with Crippen molar-refractivity contribution in [3.05, 3.63) is 0 Å². The van der Waals surface area contributed by atoms with E-state index in [2.05, 4.69) is 0 Å². The minimum atomic E-state index is -1.74. The van der Waals surface area contributed by atoms with Crippen LogP contribution in [0.2, 0.25) is 0 Å². The standard InChI is InChI=1S/C12H22O11.Na.H/c13-1-3-5(15)6(16)9(19)12(22-3)23-10-4(2-14)21-11(20)8(18)7(10)17;;/h3-20H,1-2H2;;/q;+1;-1/t3-,4-,5-,6+,7-,8-,9-,10-,11-,12-;;/m1../s1. The molecule has 0 saturated carbocycles. The van der Waals surface area contributed by atoms with E-state index in [1.165, 1.54) is 0 Å². The zero-order chi connectivity index (χ0) is 17.3. The Balaban J connectivity index is 0.00000288. The van der Waals surface area contributed by atoms with Gasteiger partial charge in [-0.1, -0.05) is 0 Å². The van der Waals surface area contributed by atoms with E-state index in [1.54, 1.807) is 0 Å². The summed E-state index contributed by atoms with van der Waals surface area (Å²) in [6.07, 6.45) is -15.6. The second-order valence-electron chi connectivity index (χ2n) is 5.53. The summed E-state index contributed by atoms with van der Waals surface area (Å²) in [5.41, 5.74) is 0. The molecule has 0 amide bonds. The zero-order valence-electron chi connectivity index (χ0n) is 14.0. The Hall–Kier alpha value is 0.560. The van der Waals surface area contributed by atoms with Crippen LogP contribution in [0.4, 0.5) is 0 Å². The molecule has 2 heterocycles. The molecule has 2 aliphatic rings. The summed E-state index contributed by atoms with van der Waals surface area (Å²) in [6.45, 7) is -1.35. The van der Waals surface area contributed by atoms with Gasteiger partial charge in [0.15, 0.2) is 12.6 Å². The molecule has 2 rings (SSSR count). The fraction of sp³-hybridized carbons (Fsp3) is 1.00. The summed E-state index contributed by atoms with van der Waals surface area (Å²) >= 11 is 0. The normalized spacial score (nSPS) is 49.5.